The summed E-state index contributed by atoms with van der Waals surface area (Å²) in [5.74, 6) is 5.10. The van der Waals surface area contributed by atoms with Crippen molar-refractivity contribution in [2.45, 2.75) is 77.5 Å². The van der Waals surface area contributed by atoms with Gasteiger partial charge in [-0.1, -0.05) is 35.6 Å². The first-order valence-corrected chi connectivity index (χ1v) is 18.3. The second-order valence-corrected chi connectivity index (χ2v) is 14.7. The number of aromatic nitrogens is 3. The molecule has 0 bridgehead atoms. The highest BCUT2D eigenvalue weighted by Crippen LogP contribution is 2.36. The van der Waals surface area contributed by atoms with Crippen LogP contribution in [0, 0.1) is 11.8 Å². The molecule has 12 nitrogen and oxygen atoms in total. The molecule has 2 aromatic carbocycles. The first kappa shape index (κ1) is 40.2. The SMILES string of the molecule is CC(C)(C)OC(=O)N1CCc2c(cc(-c3nc(N)ncc3C#Cc3cccc(CC(=O)Nc4ccc(Cl)c(C(F)(F)F)c4)c3)n2CCOC2CCCCO2)C1=O. The van der Waals surface area contributed by atoms with Crippen molar-refractivity contribution in [3.63, 3.8) is 0 Å². The van der Waals surface area contributed by atoms with Crippen molar-refractivity contribution < 1.29 is 41.8 Å². The number of amides is 3. The summed E-state index contributed by atoms with van der Waals surface area (Å²) >= 11 is 5.71. The van der Waals surface area contributed by atoms with Crippen LogP contribution < -0.4 is 11.1 Å². The topological polar surface area (TPSA) is 151 Å². The molecule has 0 radical (unpaired) electrons. The van der Waals surface area contributed by atoms with Crippen LogP contribution in [0.25, 0.3) is 11.4 Å². The first-order chi connectivity index (χ1) is 26.6. The fourth-order valence-electron chi connectivity index (χ4n) is 6.36. The van der Waals surface area contributed by atoms with E-state index in [1.165, 1.54) is 12.3 Å². The number of hydrogen-bond acceptors (Lipinski definition) is 9. The molecule has 3 amide bonds. The van der Waals surface area contributed by atoms with Gasteiger partial charge in [0.15, 0.2) is 6.29 Å². The molecule has 16 heteroatoms. The molecule has 56 heavy (non-hydrogen) atoms. The van der Waals surface area contributed by atoms with Gasteiger partial charge in [0.05, 0.1) is 40.4 Å². The van der Waals surface area contributed by atoms with E-state index in [4.69, 9.17) is 31.5 Å². The Hall–Kier alpha value is -5.43. The summed E-state index contributed by atoms with van der Waals surface area (Å²) in [6.45, 7) is 6.52. The van der Waals surface area contributed by atoms with Crippen LogP contribution >= 0.6 is 11.6 Å². The average Bonchev–Trinajstić information content (AvgIpc) is 3.50. The van der Waals surface area contributed by atoms with Gasteiger partial charge in [0.2, 0.25) is 11.9 Å². The number of anilines is 2. The summed E-state index contributed by atoms with van der Waals surface area (Å²) < 4.78 is 59.2. The molecule has 1 saturated heterocycles. The average molecular weight is 793 g/mol. The minimum Gasteiger partial charge on any atom is -0.443 e. The van der Waals surface area contributed by atoms with Gasteiger partial charge in [-0.05, 0) is 82.0 Å². The number of rotatable bonds is 8. The minimum absolute atomic E-state index is 0.0270. The number of halogens is 4. The number of fused-ring (bicyclic) bond motifs is 1. The van der Waals surface area contributed by atoms with Gasteiger partial charge < -0.3 is 29.8 Å². The van der Waals surface area contributed by atoms with Gasteiger partial charge in [-0.25, -0.2) is 19.7 Å². The molecule has 0 saturated carbocycles. The lowest BCUT2D eigenvalue weighted by molar-refractivity contribution is -0.163. The molecule has 1 atom stereocenters. The molecule has 4 heterocycles. The number of carbonyl (C=O) groups is 3. The van der Waals surface area contributed by atoms with Crippen LogP contribution in [0.5, 0.6) is 0 Å². The predicted molar refractivity (Wildman–Crippen MR) is 202 cm³/mol. The number of imide groups is 1. The van der Waals surface area contributed by atoms with Gasteiger partial charge >= 0.3 is 12.3 Å². The van der Waals surface area contributed by atoms with E-state index in [-0.39, 0.29) is 37.5 Å². The van der Waals surface area contributed by atoms with Crippen molar-refractivity contribution in [3.8, 4) is 23.2 Å². The lowest BCUT2D eigenvalue weighted by atomic mass is 10.1. The molecule has 4 aromatic rings. The Kier molecular flexibility index (Phi) is 12.0. The second-order valence-electron chi connectivity index (χ2n) is 14.3. The zero-order chi connectivity index (χ0) is 40.2. The van der Waals surface area contributed by atoms with Crippen molar-refractivity contribution in [1.29, 1.82) is 0 Å². The standard InChI is InChI=1S/C40H40ClF3N6O6/c1-39(2,3)56-38(53)50-15-14-31-28(36(50)52)22-32(49(31)16-18-55-34-9-4-5-17-54-34)35-26(23-46-37(45)48-35)11-10-24-7-6-8-25(19-24)20-33(51)47-27-12-13-30(41)29(21-27)40(42,43)44/h6-8,12-13,19,21-23,34H,4-5,9,14-18,20H2,1-3H3,(H,47,51)(H2,45,46,48). The molecule has 3 N–H and O–H groups in total. The molecule has 1 fully saturated rings. The van der Waals surface area contributed by atoms with Crippen LogP contribution in [-0.2, 0) is 44.6 Å². The molecule has 0 spiro atoms. The second kappa shape index (κ2) is 16.7. The van der Waals surface area contributed by atoms with Crippen molar-refractivity contribution >= 4 is 41.1 Å². The van der Waals surface area contributed by atoms with Crippen molar-refractivity contribution in [2.24, 2.45) is 0 Å². The summed E-state index contributed by atoms with van der Waals surface area (Å²) in [5.41, 5.74) is 7.53. The van der Waals surface area contributed by atoms with E-state index in [0.717, 1.165) is 36.3 Å². The number of hydrogen-bond donors (Lipinski definition) is 2. The zero-order valence-corrected chi connectivity index (χ0v) is 31.7. The lowest BCUT2D eigenvalue weighted by Crippen LogP contribution is -2.44. The lowest BCUT2D eigenvalue weighted by Gasteiger charge is -2.29. The maximum Gasteiger partial charge on any atom is 0.417 e. The van der Waals surface area contributed by atoms with Gasteiger partial charge in [0, 0.05) is 49.3 Å². The van der Waals surface area contributed by atoms with Crippen LogP contribution in [-0.4, -0.2) is 69.0 Å². The van der Waals surface area contributed by atoms with Crippen LogP contribution in [0.2, 0.25) is 5.02 Å². The normalized spacial score (nSPS) is 15.8. The number of carbonyl (C=O) groups excluding carboxylic acids is 3. The Balaban J connectivity index is 1.27. The summed E-state index contributed by atoms with van der Waals surface area (Å²) in [7, 11) is 0. The monoisotopic (exact) mass is 792 g/mol. The van der Waals surface area contributed by atoms with Crippen LogP contribution in [0.3, 0.4) is 0 Å². The number of nitrogen functional groups attached to an aromatic ring is 1. The molecule has 294 valence electrons. The maximum atomic E-state index is 13.8. The number of alkyl halides is 3. The summed E-state index contributed by atoms with van der Waals surface area (Å²) in [6.07, 6.45) is -1.32. The van der Waals surface area contributed by atoms with Gasteiger partial charge in [0.1, 0.15) is 11.3 Å². The predicted octanol–water partition coefficient (Wildman–Crippen LogP) is 7.26. The Morgan fingerprint density at radius 1 is 1.11 bits per heavy atom. The zero-order valence-electron chi connectivity index (χ0n) is 31.0. The third-order valence-corrected chi connectivity index (χ3v) is 9.20. The number of benzene rings is 2. The highest BCUT2D eigenvalue weighted by molar-refractivity contribution is 6.31. The Labute approximate surface area is 326 Å². The van der Waals surface area contributed by atoms with Crippen LogP contribution in [0.1, 0.15) is 78.3 Å². The van der Waals surface area contributed by atoms with Gasteiger partial charge in [-0.3, -0.25) is 9.59 Å². The number of ether oxygens (including phenoxy) is 3. The highest BCUT2D eigenvalue weighted by Gasteiger charge is 2.36. The van der Waals surface area contributed by atoms with Crippen LogP contribution in [0.15, 0.2) is 54.7 Å². The molecule has 0 aliphatic carbocycles. The number of nitrogens with two attached hydrogens (primary N) is 1. The molecule has 2 aromatic heterocycles. The first-order valence-electron chi connectivity index (χ1n) is 18.0. The summed E-state index contributed by atoms with van der Waals surface area (Å²) in [4.78, 5) is 49.4. The molecule has 1 unspecified atom stereocenters. The third-order valence-electron chi connectivity index (χ3n) is 8.87. The van der Waals surface area contributed by atoms with Gasteiger partial charge in [-0.15, -0.1) is 0 Å². The van der Waals surface area contributed by atoms with Crippen molar-refractivity contribution in [2.75, 3.05) is 30.8 Å². The maximum absolute atomic E-state index is 13.8. The molecular formula is C40H40ClF3N6O6. The third kappa shape index (κ3) is 9.86. The van der Waals surface area contributed by atoms with Crippen molar-refractivity contribution in [3.05, 3.63) is 93.3 Å². The largest absolute Gasteiger partial charge is 0.443 e. The highest BCUT2D eigenvalue weighted by atomic mass is 35.5. The Bertz CT molecular complexity index is 2200. The van der Waals surface area contributed by atoms with Crippen LogP contribution in [0.4, 0.5) is 29.6 Å². The van der Waals surface area contributed by atoms with Gasteiger partial charge in [-0.2, -0.15) is 13.2 Å². The minimum atomic E-state index is -4.68. The van der Waals surface area contributed by atoms with E-state index >= 15 is 0 Å². The fourth-order valence-corrected chi connectivity index (χ4v) is 6.59. The fraction of sp³-hybridized carbons (Fsp3) is 0.375. The molecular weight excluding hydrogens is 753 g/mol. The molecule has 6 rings (SSSR count). The summed E-state index contributed by atoms with van der Waals surface area (Å²) in [5, 5.41) is 2.02. The molecule has 2 aliphatic rings. The Morgan fingerprint density at radius 2 is 1.91 bits per heavy atom. The van der Waals surface area contributed by atoms with E-state index in [0.29, 0.717) is 58.9 Å². The quantitative estimate of drug-likeness (QED) is 0.176. The van der Waals surface area contributed by atoms with E-state index in [2.05, 4.69) is 27.1 Å². The van der Waals surface area contributed by atoms with E-state index in [1.807, 2.05) is 4.57 Å². The smallest absolute Gasteiger partial charge is 0.417 e. The van der Waals surface area contributed by atoms with Gasteiger partial charge in [0.25, 0.3) is 5.91 Å². The van der Waals surface area contributed by atoms with E-state index in [9.17, 15) is 27.6 Å². The Morgan fingerprint density at radius 3 is 2.64 bits per heavy atom. The summed E-state index contributed by atoms with van der Waals surface area (Å²) in [6, 6.07) is 11.6. The number of nitrogens with zero attached hydrogens (tertiary/aromatic N) is 4. The van der Waals surface area contributed by atoms with E-state index in [1.54, 1.807) is 51.1 Å². The molecule has 2 aliphatic heterocycles. The number of nitrogens with one attached hydrogen (secondary N) is 1. The van der Waals surface area contributed by atoms with Crippen molar-refractivity contribution in [1.82, 2.24) is 19.4 Å². The van der Waals surface area contributed by atoms with E-state index < -0.39 is 40.3 Å².